The molecule has 1 aliphatic carbocycles. The lowest BCUT2D eigenvalue weighted by molar-refractivity contribution is -0.0547. The molecule has 1 aliphatic heterocycles. The molecule has 0 N–H and O–H groups in total. The topological polar surface area (TPSA) is 77.8 Å². The molecule has 1 atom stereocenters. The normalized spacial score (nSPS) is 20.0. The van der Waals surface area contributed by atoms with Crippen molar-refractivity contribution in [2.45, 2.75) is 45.4 Å². The van der Waals surface area contributed by atoms with Crippen molar-refractivity contribution in [1.82, 2.24) is 4.68 Å². The standard InChI is InChI=1S/C22H24N2O5/c1-2-28-21(27)24-20(29-15-16-8-4-3-5-9-16)22(11-6-7-12-22)19(26)18-14-17(25)10-13-23(18)24/h3-5,8-10,13-14,20H,2,6-7,11-12,15H2,1H3. The molecular weight excluding hydrogens is 372 g/mol. The third-order valence-electron chi connectivity index (χ3n) is 5.72. The van der Waals surface area contributed by atoms with Crippen LogP contribution < -0.4 is 10.4 Å². The number of ether oxygens (including phenoxy) is 2. The highest BCUT2D eigenvalue weighted by Crippen LogP contribution is 2.48. The second kappa shape index (κ2) is 7.83. The second-order valence-corrected chi connectivity index (χ2v) is 7.48. The lowest BCUT2D eigenvalue weighted by Gasteiger charge is -2.46. The third-order valence-corrected chi connectivity index (χ3v) is 5.72. The number of rotatable bonds is 4. The largest absolute Gasteiger partial charge is 0.448 e. The predicted octanol–water partition coefficient (Wildman–Crippen LogP) is 3.24. The summed E-state index contributed by atoms with van der Waals surface area (Å²) in [7, 11) is 0. The van der Waals surface area contributed by atoms with E-state index in [1.54, 1.807) is 6.92 Å². The first-order chi connectivity index (χ1) is 14.1. The van der Waals surface area contributed by atoms with E-state index in [4.69, 9.17) is 9.47 Å². The summed E-state index contributed by atoms with van der Waals surface area (Å²) in [6, 6.07) is 12.2. The lowest BCUT2D eigenvalue weighted by Crippen LogP contribution is -2.64. The van der Waals surface area contributed by atoms with Crippen LogP contribution in [0.3, 0.4) is 0 Å². The first-order valence-electron chi connectivity index (χ1n) is 9.96. The maximum absolute atomic E-state index is 13.5. The van der Waals surface area contributed by atoms with Crippen molar-refractivity contribution in [3.63, 3.8) is 0 Å². The molecule has 7 heteroatoms. The first-order valence-corrected chi connectivity index (χ1v) is 9.96. The molecule has 29 heavy (non-hydrogen) atoms. The number of carbonyl (C=O) groups is 2. The molecule has 1 spiro atoms. The first kappa shape index (κ1) is 19.4. The van der Waals surface area contributed by atoms with E-state index in [0.717, 1.165) is 18.4 Å². The number of hydrogen-bond donors (Lipinski definition) is 0. The van der Waals surface area contributed by atoms with Crippen molar-refractivity contribution in [3.8, 4) is 0 Å². The number of fused-ring (bicyclic) bond motifs is 1. The molecule has 4 rings (SSSR count). The number of carbonyl (C=O) groups excluding carboxylic acids is 2. The zero-order valence-electron chi connectivity index (χ0n) is 16.4. The summed E-state index contributed by atoms with van der Waals surface area (Å²) in [5.41, 5.74) is -0.00478. The summed E-state index contributed by atoms with van der Waals surface area (Å²) >= 11 is 0. The molecule has 0 radical (unpaired) electrons. The van der Waals surface area contributed by atoms with Crippen molar-refractivity contribution in [2.75, 3.05) is 11.6 Å². The Bertz CT molecular complexity index is 963. The van der Waals surface area contributed by atoms with Gasteiger partial charge in [0.2, 0.25) is 0 Å². The van der Waals surface area contributed by atoms with Crippen LogP contribution in [0, 0.1) is 5.41 Å². The molecule has 2 aliphatic rings. The molecule has 1 saturated carbocycles. The van der Waals surface area contributed by atoms with Crippen molar-refractivity contribution in [1.29, 1.82) is 0 Å². The summed E-state index contributed by atoms with van der Waals surface area (Å²) in [6.45, 7) is 2.17. The Hall–Kier alpha value is -2.93. The second-order valence-electron chi connectivity index (χ2n) is 7.48. The van der Waals surface area contributed by atoms with Crippen molar-refractivity contribution >= 4 is 11.9 Å². The van der Waals surface area contributed by atoms with Gasteiger partial charge in [-0.05, 0) is 25.3 Å². The molecule has 152 valence electrons. The summed E-state index contributed by atoms with van der Waals surface area (Å²) in [5.74, 6) is -0.147. The maximum Gasteiger partial charge on any atom is 0.431 e. The smallest absolute Gasteiger partial charge is 0.431 e. The molecule has 1 fully saturated rings. The fourth-order valence-corrected chi connectivity index (χ4v) is 4.38. The number of nitrogens with zero attached hydrogens (tertiary/aromatic N) is 2. The van der Waals surface area contributed by atoms with E-state index < -0.39 is 17.7 Å². The number of aromatic nitrogens is 1. The highest BCUT2D eigenvalue weighted by Gasteiger charge is 2.57. The molecule has 7 nitrogen and oxygen atoms in total. The fourth-order valence-electron chi connectivity index (χ4n) is 4.38. The summed E-state index contributed by atoms with van der Waals surface area (Å²) in [5, 5.41) is 1.36. The summed E-state index contributed by atoms with van der Waals surface area (Å²) in [6.07, 6.45) is 2.96. The molecule has 1 unspecified atom stereocenters. The number of Topliss-reactive ketones (excluding diaryl/α,β-unsaturated/α-hetero) is 1. The van der Waals surface area contributed by atoms with Gasteiger partial charge in [-0.1, -0.05) is 43.2 Å². The van der Waals surface area contributed by atoms with E-state index in [0.29, 0.717) is 12.8 Å². The van der Waals surface area contributed by atoms with Gasteiger partial charge >= 0.3 is 6.09 Å². The van der Waals surface area contributed by atoms with Crippen molar-refractivity contribution in [2.24, 2.45) is 5.41 Å². The van der Waals surface area contributed by atoms with Gasteiger partial charge in [-0.3, -0.25) is 9.59 Å². The lowest BCUT2D eigenvalue weighted by atomic mass is 9.76. The molecule has 2 heterocycles. The minimum atomic E-state index is -0.880. The molecule has 2 aromatic rings. The van der Waals surface area contributed by atoms with Crippen LogP contribution in [0.1, 0.15) is 48.7 Å². The average molecular weight is 396 g/mol. The van der Waals surface area contributed by atoms with Crippen molar-refractivity contribution < 1.29 is 19.1 Å². The molecule has 1 aromatic heterocycles. The monoisotopic (exact) mass is 396 g/mol. The van der Waals surface area contributed by atoms with E-state index in [2.05, 4.69) is 0 Å². The van der Waals surface area contributed by atoms with Gasteiger partial charge in [-0.15, -0.1) is 0 Å². The molecule has 1 amide bonds. The molecule has 1 aromatic carbocycles. The van der Waals surface area contributed by atoms with Gasteiger partial charge in [-0.2, -0.15) is 5.01 Å². The number of hydrogen-bond acceptors (Lipinski definition) is 5. The number of ketones is 1. The van der Waals surface area contributed by atoms with E-state index in [9.17, 15) is 14.4 Å². The Morgan fingerprint density at radius 1 is 1.14 bits per heavy atom. The van der Waals surface area contributed by atoms with Crippen LogP contribution >= 0.6 is 0 Å². The van der Waals surface area contributed by atoms with Crippen LogP contribution in [0.4, 0.5) is 4.79 Å². The van der Waals surface area contributed by atoms with Crippen LogP contribution in [0.2, 0.25) is 0 Å². The van der Waals surface area contributed by atoms with Crippen LogP contribution in [-0.2, 0) is 16.1 Å². The highest BCUT2D eigenvalue weighted by atomic mass is 16.6. The van der Waals surface area contributed by atoms with Crippen LogP contribution in [-0.4, -0.2) is 29.4 Å². The van der Waals surface area contributed by atoms with E-state index in [1.807, 2.05) is 30.3 Å². The summed E-state index contributed by atoms with van der Waals surface area (Å²) < 4.78 is 12.9. The van der Waals surface area contributed by atoms with Gasteiger partial charge < -0.3 is 9.47 Å². The number of amides is 1. The zero-order chi connectivity index (χ0) is 20.4. The van der Waals surface area contributed by atoms with Gasteiger partial charge in [0.15, 0.2) is 17.4 Å². The molecule has 0 bridgehead atoms. The molecular formula is C22H24N2O5. The van der Waals surface area contributed by atoms with Gasteiger partial charge in [-0.25, -0.2) is 9.47 Å². The molecule has 0 saturated heterocycles. The van der Waals surface area contributed by atoms with Gasteiger partial charge in [0.05, 0.1) is 18.6 Å². The van der Waals surface area contributed by atoms with Crippen LogP contribution in [0.5, 0.6) is 0 Å². The van der Waals surface area contributed by atoms with Crippen molar-refractivity contribution in [3.05, 3.63) is 70.1 Å². The Morgan fingerprint density at radius 3 is 2.55 bits per heavy atom. The Morgan fingerprint density at radius 2 is 1.86 bits per heavy atom. The summed E-state index contributed by atoms with van der Waals surface area (Å²) in [4.78, 5) is 38.4. The zero-order valence-corrected chi connectivity index (χ0v) is 16.4. The fraction of sp³-hybridized carbons (Fsp3) is 0.409. The van der Waals surface area contributed by atoms with Gasteiger partial charge in [0.1, 0.15) is 5.69 Å². The number of benzene rings is 1. The quantitative estimate of drug-likeness (QED) is 0.793. The van der Waals surface area contributed by atoms with E-state index in [1.165, 1.54) is 28.0 Å². The highest BCUT2D eigenvalue weighted by molar-refractivity contribution is 6.02. The predicted molar refractivity (Wildman–Crippen MR) is 106 cm³/mol. The minimum Gasteiger partial charge on any atom is -0.448 e. The number of pyridine rings is 1. The van der Waals surface area contributed by atoms with Crippen LogP contribution in [0.25, 0.3) is 0 Å². The van der Waals surface area contributed by atoms with E-state index >= 15 is 0 Å². The Kier molecular flexibility index (Phi) is 5.24. The Labute approximate surface area is 168 Å². The SMILES string of the molecule is CCOC(=O)N1C(OCc2ccccc2)C2(CCCC2)C(=O)c2cc(=O)ccn21. The van der Waals surface area contributed by atoms with E-state index in [-0.39, 0.29) is 30.1 Å². The van der Waals surface area contributed by atoms with Gasteiger partial charge in [0.25, 0.3) is 0 Å². The van der Waals surface area contributed by atoms with Crippen LogP contribution in [0.15, 0.2) is 53.5 Å². The van der Waals surface area contributed by atoms with Gasteiger partial charge in [0, 0.05) is 18.3 Å². The third kappa shape index (κ3) is 3.35. The minimum absolute atomic E-state index is 0.147. The average Bonchev–Trinajstić information content (AvgIpc) is 3.21. The Balaban J connectivity index is 1.80. The maximum atomic E-state index is 13.5.